The van der Waals surface area contributed by atoms with Gasteiger partial charge in [-0.15, -0.1) is 0 Å². The number of thiol groups is 1. The summed E-state index contributed by atoms with van der Waals surface area (Å²) >= 11 is 4.18. The number of aliphatic carboxylic acids is 1. The van der Waals surface area contributed by atoms with Crippen molar-refractivity contribution in [3.8, 4) is 0 Å². The highest BCUT2D eigenvalue weighted by molar-refractivity contribution is 7.80. The number of aliphatic hydroxyl groups excluding tert-OH is 1. The number of carboxylic acid groups (broad SMARTS) is 1. The lowest BCUT2D eigenvalue weighted by molar-refractivity contribution is -0.138. The Morgan fingerprint density at radius 2 is 0.714 bits per heavy atom. The van der Waals surface area contributed by atoms with Crippen molar-refractivity contribution in [1.82, 2.24) is 58.5 Å². The van der Waals surface area contributed by atoms with Gasteiger partial charge in [0.2, 0.25) is 65.0 Å². The number of hydrogen-bond acceptors (Lipinski definition) is 20. The SMILES string of the molecule is C[C@H](N)C(=O)N[C@@H](CCCN)C(=O)N[C@@H](CCCN)C(=O)N[C@@H](CCCN)C(=O)N[C@@H](CCCN)C(=O)N[C@@H](CCCN)C(=O)N[C@@H](CS)C(=O)N[C@H](C(=O)N[C@@H](C)C(=O)N[C@@H](C)C(=O)NCC(=O)NCC(=O)O)[C@@H](C)O. The highest BCUT2D eigenvalue weighted by Crippen LogP contribution is 2.09. The molecule has 0 fully saturated rings. The standard InChI is InChI=1S/C45H85N17O14S/c1-23(51)36(67)56-27(10-5-15-46)39(70)57-28(11-6-16-47)40(71)58-29(12-7-17-48)41(72)59-30(13-8-18-49)42(73)60-31(14-9-19-50)43(74)61-32(22-77)44(75)62-35(26(4)63)45(76)55-25(3)38(69)54-24(2)37(68)53-20-33(64)52-21-34(65)66/h23-32,35,63,77H,5-22,46-51H2,1-4H3,(H,52,64)(H,53,68)(H,54,69)(H,55,76)(H,56,67)(H,57,70)(H,58,71)(H,59,72)(H,60,73)(H,61,74)(H,62,75)(H,65,66)/t23-,24-,25-,26+,27-,28-,29-,30-,31-,32-,35-/m0/s1. The fraction of sp³-hybridized carbons (Fsp3) is 0.733. The van der Waals surface area contributed by atoms with Crippen LogP contribution in [-0.4, -0.2) is 199 Å². The third-order valence-electron chi connectivity index (χ3n) is 11.3. The first-order valence-corrected chi connectivity index (χ1v) is 26.0. The van der Waals surface area contributed by atoms with Gasteiger partial charge in [0.15, 0.2) is 0 Å². The number of hydrogen-bond donors (Lipinski definition) is 20. The Bertz CT molecular complexity index is 1950. The summed E-state index contributed by atoms with van der Waals surface area (Å²) in [6.45, 7) is 4.43. The Morgan fingerprint density at radius 1 is 0.403 bits per heavy atom. The maximum atomic E-state index is 14.0. The molecule has 0 saturated carbocycles. The summed E-state index contributed by atoms with van der Waals surface area (Å²) in [5.74, 6) is -10.9. The van der Waals surface area contributed by atoms with Gasteiger partial charge in [-0.2, -0.15) is 12.6 Å². The molecule has 11 atom stereocenters. The molecule has 0 saturated heterocycles. The number of nitrogens with one attached hydrogen (secondary N) is 11. The van der Waals surface area contributed by atoms with Crippen LogP contribution in [0.2, 0.25) is 0 Å². The van der Waals surface area contributed by atoms with Crippen LogP contribution in [0.3, 0.4) is 0 Å². The van der Waals surface area contributed by atoms with E-state index in [1.807, 2.05) is 5.32 Å². The molecule has 0 aromatic rings. The Balaban J connectivity index is 6.22. The second-order valence-corrected chi connectivity index (χ2v) is 18.4. The third kappa shape index (κ3) is 28.6. The Kier molecular flexibility index (Phi) is 35.9. The molecule has 0 aliphatic heterocycles. The monoisotopic (exact) mass is 1120 g/mol. The number of carboxylic acids is 1. The highest BCUT2D eigenvalue weighted by Gasteiger charge is 2.35. The van der Waals surface area contributed by atoms with Crippen molar-refractivity contribution in [1.29, 1.82) is 0 Å². The van der Waals surface area contributed by atoms with Crippen molar-refractivity contribution < 1.29 is 67.7 Å². The summed E-state index contributed by atoms with van der Waals surface area (Å²) in [7, 11) is 0. The number of carbonyl (C=O) groups is 12. The van der Waals surface area contributed by atoms with Crippen LogP contribution in [0.15, 0.2) is 0 Å². The molecule has 31 nitrogen and oxygen atoms in total. The molecule has 77 heavy (non-hydrogen) atoms. The first kappa shape index (κ1) is 70.7. The van der Waals surface area contributed by atoms with E-state index in [1.54, 1.807) is 0 Å². The van der Waals surface area contributed by atoms with E-state index < -0.39 is 151 Å². The van der Waals surface area contributed by atoms with Crippen LogP contribution in [0.5, 0.6) is 0 Å². The summed E-state index contributed by atoms with van der Waals surface area (Å²) in [5.41, 5.74) is 34.3. The summed E-state index contributed by atoms with van der Waals surface area (Å²) in [4.78, 5) is 156. The smallest absolute Gasteiger partial charge is 0.322 e. The van der Waals surface area contributed by atoms with Gasteiger partial charge in [0, 0.05) is 5.75 Å². The van der Waals surface area contributed by atoms with Crippen molar-refractivity contribution in [3.05, 3.63) is 0 Å². The topological polar surface area (TPSA) is 534 Å². The van der Waals surface area contributed by atoms with E-state index in [1.165, 1.54) is 20.8 Å². The molecule has 0 bridgehead atoms. The maximum absolute atomic E-state index is 14.0. The van der Waals surface area contributed by atoms with Crippen LogP contribution in [0.25, 0.3) is 0 Å². The predicted octanol–water partition coefficient (Wildman–Crippen LogP) is -8.94. The first-order valence-electron chi connectivity index (χ1n) is 25.4. The second-order valence-electron chi connectivity index (χ2n) is 18.1. The molecule has 440 valence electrons. The number of carbonyl (C=O) groups excluding carboxylic acids is 11. The van der Waals surface area contributed by atoms with Gasteiger partial charge in [-0.05, 0) is 125 Å². The van der Waals surface area contributed by atoms with Gasteiger partial charge in [0.25, 0.3) is 0 Å². The van der Waals surface area contributed by atoms with Crippen molar-refractivity contribution in [2.24, 2.45) is 34.4 Å². The number of rotatable bonds is 40. The van der Waals surface area contributed by atoms with Crippen LogP contribution in [-0.2, 0) is 57.5 Å². The minimum Gasteiger partial charge on any atom is -0.480 e. The highest BCUT2D eigenvalue weighted by atomic mass is 32.1. The first-order chi connectivity index (χ1) is 36.3. The largest absolute Gasteiger partial charge is 0.480 e. The van der Waals surface area contributed by atoms with Crippen molar-refractivity contribution in [2.75, 3.05) is 51.6 Å². The van der Waals surface area contributed by atoms with Gasteiger partial charge in [0.1, 0.15) is 60.9 Å². The molecule has 0 aliphatic carbocycles. The normalized spacial score (nSPS) is 15.3. The molecule has 0 aromatic carbocycles. The Morgan fingerprint density at radius 3 is 1.03 bits per heavy atom. The van der Waals surface area contributed by atoms with Crippen LogP contribution in [0.1, 0.15) is 91.9 Å². The minimum absolute atomic E-state index is 0.00936. The second kappa shape index (κ2) is 39.1. The lowest BCUT2D eigenvalue weighted by atomic mass is 10.0. The van der Waals surface area contributed by atoms with E-state index in [0.29, 0.717) is 6.42 Å². The zero-order valence-corrected chi connectivity index (χ0v) is 45.2. The molecule has 0 rings (SSSR count). The molecule has 0 spiro atoms. The van der Waals surface area contributed by atoms with Gasteiger partial charge in [-0.25, -0.2) is 0 Å². The lowest BCUT2D eigenvalue weighted by Crippen LogP contribution is -2.62. The zero-order chi connectivity index (χ0) is 58.8. The summed E-state index contributed by atoms with van der Waals surface area (Å²) < 4.78 is 0. The van der Waals surface area contributed by atoms with Crippen molar-refractivity contribution in [3.63, 3.8) is 0 Å². The van der Waals surface area contributed by atoms with Crippen LogP contribution in [0, 0.1) is 0 Å². The predicted molar refractivity (Wildman–Crippen MR) is 283 cm³/mol. The third-order valence-corrected chi connectivity index (χ3v) is 11.7. The average Bonchev–Trinajstić information content (AvgIpc) is 3.38. The fourth-order valence-corrected chi connectivity index (χ4v) is 7.06. The van der Waals surface area contributed by atoms with E-state index in [-0.39, 0.29) is 96.3 Å². The quantitative estimate of drug-likeness (QED) is 0.0253. The van der Waals surface area contributed by atoms with Gasteiger partial charge < -0.3 is 103 Å². The van der Waals surface area contributed by atoms with Gasteiger partial charge in [0.05, 0.1) is 18.7 Å². The molecule has 32 heteroatoms. The average molecular weight is 1120 g/mol. The van der Waals surface area contributed by atoms with Crippen molar-refractivity contribution in [2.45, 2.75) is 158 Å². The van der Waals surface area contributed by atoms with E-state index in [0.717, 1.165) is 6.92 Å². The Labute approximate surface area is 453 Å². The van der Waals surface area contributed by atoms with E-state index >= 15 is 0 Å². The van der Waals surface area contributed by atoms with E-state index in [4.69, 9.17) is 39.5 Å². The summed E-state index contributed by atoms with van der Waals surface area (Å²) in [5, 5.41) is 45.8. The molecule has 11 amide bonds. The lowest BCUT2D eigenvalue weighted by Gasteiger charge is -2.28. The van der Waals surface area contributed by atoms with Gasteiger partial charge in [-0.3, -0.25) is 57.5 Å². The summed E-state index contributed by atoms with van der Waals surface area (Å²) in [6, 6.07) is -13.1. The van der Waals surface area contributed by atoms with Crippen LogP contribution in [0.4, 0.5) is 0 Å². The van der Waals surface area contributed by atoms with Crippen LogP contribution < -0.4 is 92.9 Å². The molecule has 0 unspecified atom stereocenters. The van der Waals surface area contributed by atoms with E-state index in [2.05, 4.69) is 65.8 Å². The van der Waals surface area contributed by atoms with E-state index in [9.17, 15) is 62.6 Å². The molecule has 0 aromatic heterocycles. The molecule has 0 radical (unpaired) electrons. The van der Waals surface area contributed by atoms with Crippen molar-refractivity contribution >= 4 is 83.6 Å². The number of amides is 11. The van der Waals surface area contributed by atoms with Crippen LogP contribution >= 0.6 is 12.6 Å². The minimum atomic E-state index is -1.71. The van der Waals surface area contributed by atoms with Gasteiger partial charge in [-0.1, -0.05) is 0 Å². The fourth-order valence-electron chi connectivity index (χ4n) is 6.80. The summed E-state index contributed by atoms with van der Waals surface area (Å²) in [6.07, 6.45) is -0.276. The number of aliphatic hydroxyl groups is 1. The molecular formula is C45H85N17O14S. The molecule has 25 N–H and O–H groups in total. The molecular weight excluding hydrogens is 1030 g/mol. The maximum Gasteiger partial charge on any atom is 0.322 e. The molecule has 0 heterocycles. The molecule has 0 aliphatic rings. The Hall–Kier alpha value is -6.29. The number of nitrogens with two attached hydrogens (primary N) is 6. The zero-order valence-electron chi connectivity index (χ0n) is 44.3. The van der Waals surface area contributed by atoms with Gasteiger partial charge >= 0.3 is 5.97 Å².